The Kier molecular flexibility index (Phi) is 8.18. The second-order valence-electron chi connectivity index (χ2n) is 7.37. The third kappa shape index (κ3) is 5.37. The predicted molar refractivity (Wildman–Crippen MR) is 94.2 cm³/mol. The lowest BCUT2D eigenvalue weighted by Crippen LogP contribution is -2.74. The minimum absolute atomic E-state index is 0.105. The summed E-state index contributed by atoms with van der Waals surface area (Å²) in [5.74, 6) is -56.9. The summed E-state index contributed by atoms with van der Waals surface area (Å²) in [4.78, 5) is -0.105. The first-order chi connectivity index (χ1) is 17.5. The van der Waals surface area contributed by atoms with Crippen LogP contribution in [0.25, 0.3) is 0 Å². The summed E-state index contributed by atoms with van der Waals surface area (Å²) in [6.07, 6.45) is -13.7. The molecule has 0 saturated heterocycles. The number of hydrogen-bond donors (Lipinski definition) is 0. The van der Waals surface area contributed by atoms with E-state index in [0.717, 1.165) is 24.3 Å². The highest BCUT2D eigenvalue weighted by Crippen LogP contribution is 2.64. The summed E-state index contributed by atoms with van der Waals surface area (Å²) < 4.78 is 255. The summed E-state index contributed by atoms with van der Waals surface area (Å²) in [5, 5.41) is 0. The Balaban J connectivity index is 3.14. The second-order valence-corrected chi connectivity index (χ2v) is 8.44. The van der Waals surface area contributed by atoms with E-state index >= 15 is 0 Å². The van der Waals surface area contributed by atoms with E-state index in [1.165, 1.54) is 0 Å². The van der Waals surface area contributed by atoms with E-state index in [4.69, 9.17) is 7.48 Å². The summed E-state index contributed by atoms with van der Waals surface area (Å²) in [5.41, 5.74) is 0. The van der Waals surface area contributed by atoms with Crippen LogP contribution in [0.4, 0.5) is 74.6 Å². The molecule has 0 aliphatic heterocycles. The Morgan fingerprint density at radius 1 is 0.658 bits per heavy atom. The van der Waals surface area contributed by atoms with Crippen molar-refractivity contribution in [3.8, 4) is 5.75 Å². The van der Waals surface area contributed by atoms with Crippen molar-refractivity contribution in [3.63, 3.8) is 0 Å². The highest BCUT2D eigenvalue weighted by molar-refractivity contribution is 7.84. The van der Waals surface area contributed by atoms with Gasteiger partial charge in [-0.05, 0) is 30.7 Å². The molecule has 1 aromatic carbocycles. The monoisotopic (exact) mass is 619 g/mol. The van der Waals surface area contributed by atoms with Crippen molar-refractivity contribution in [1.29, 1.82) is 0 Å². The first kappa shape index (κ1) is 30.5. The minimum Gasteiger partial charge on any atom is -0.494 e. The van der Waals surface area contributed by atoms with Crippen LogP contribution in [-0.4, -0.2) is 64.7 Å². The molecule has 0 bridgehead atoms. The van der Waals surface area contributed by atoms with Crippen molar-refractivity contribution in [2.45, 2.75) is 65.4 Å². The van der Waals surface area contributed by atoms with Gasteiger partial charge in [0.15, 0.2) is 0 Å². The highest BCUT2D eigenvalue weighted by atomic mass is 32.2. The average molecular weight is 619 g/mol. The molecule has 0 aliphatic carbocycles. The van der Waals surface area contributed by atoms with Crippen molar-refractivity contribution in [2.24, 2.45) is 0 Å². The molecule has 1 aromatic rings. The van der Waals surface area contributed by atoms with Gasteiger partial charge in [0.2, 0.25) is 0 Å². The smallest absolute Gasteiger partial charge is 0.460 e. The molecule has 20 heteroatoms. The molecule has 1 atom stereocenters. The first-order valence-corrected chi connectivity index (χ1v) is 10.4. The third-order valence-electron chi connectivity index (χ3n) is 4.75. The van der Waals surface area contributed by atoms with E-state index in [1.54, 1.807) is 0 Å². The van der Waals surface area contributed by atoms with Gasteiger partial charge < -0.3 is 4.74 Å². The Morgan fingerprint density at radius 3 is 1.45 bits per heavy atom. The molecule has 0 amide bonds. The molecule has 0 aromatic heterocycles. The Labute approximate surface area is 206 Å². The van der Waals surface area contributed by atoms with Crippen molar-refractivity contribution in [3.05, 3.63) is 24.3 Å². The maximum absolute atomic E-state index is 13.8. The maximum Gasteiger partial charge on any atom is 0.460 e. The van der Waals surface area contributed by atoms with Crippen LogP contribution < -0.4 is 4.74 Å². The van der Waals surface area contributed by atoms with Crippen molar-refractivity contribution < 1.29 is 86.3 Å². The zero-order valence-electron chi connectivity index (χ0n) is 19.7. The van der Waals surface area contributed by atoms with Gasteiger partial charge in [-0.1, -0.05) is 0 Å². The van der Waals surface area contributed by atoms with Gasteiger partial charge in [0.1, 0.15) is 5.75 Å². The molecule has 0 N–H and O–H groups in total. The molecule has 1 unspecified atom stereocenters. The van der Waals surface area contributed by atoms with Crippen molar-refractivity contribution >= 4 is 10.8 Å². The van der Waals surface area contributed by atoms with Crippen LogP contribution in [0.2, 0.25) is 0 Å². The van der Waals surface area contributed by atoms with Crippen LogP contribution >= 0.6 is 0 Å². The zero-order chi connectivity index (χ0) is 32.0. The molecule has 0 spiro atoms. The molecule has 38 heavy (non-hydrogen) atoms. The van der Waals surface area contributed by atoms with Gasteiger partial charge in [0.05, 0.1) is 6.61 Å². The largest absolute Gasteiger partial charge is 0.494 e. The maximum atomic E-state index is 13.8. The molecular weight excluding hydrogens is 604 g/mol. The summed E-state index contributed by atoms with van der Waals surface area (Å²) in [6, 6.07) is 3.86. The van der Waals surface area contributed by atoms with Crippen molar-refractivity contribution in [1.82, 2.24) is 0 Å². The molecule has 0 fully saturated rings. The Morgan fingerprint density at radius 2 is 1.05 bits per heavy atom. The number of halogens is 17. The summed E-state index contributed by atoms with van der Waals surface area (Å²) in [7, 11) is -2.14. The van der Waals surface area contributed by atoms with E-state index in [9.17, 15) is 78.8 Å². The Hall–Kier alpha value is -2.02. The molecule has 0 heterocycles. The molecule has 222 valence electrons. The van der Waals surface area contributed by atoms with Gasteiger partial charge >= 0.3 is 47.6 Å². The van der Waals surface area contributed by atoms with Gasteiger partial charge in [0, 0.05) is 31.1 Å². The summed E-state index contributed by atoms with van der Waals surface area (Å²) >= 11 is 0. The van der Waals surface area contributed by atoms with Crippen molar-refractivity contribution in [2.75, 3.05) is 12.8 Å². The number of alkyl halides is 17. The van der Waals surface area contributed by atoms with E-state index in [-0.39, 0.29) is 10.6 Å². The highest BCUT2D eigenvalue weighted by Gasteiger charge is 2.95. The van der Waals surface area contributed by atoms with E-state index < -0.39 is 84.1 Å². The van der Waals surface area contributed by atoms with E-state index in [0.29, 0.717) is 0 Å². The molecular formula is C18H13F17O2S. The fourth-order valence-electron chi connectivity index (χ4n) is 2.51. The predicted octanol–water partition coefficient (Wildman–Crippen LogP) is 7.59. The van der Waals surface area contributed by atoms with Crippen LogP contribution in [0.3, 0.4) is 0 Å². The van der Waals surface area contributed by atoms with Gasteiger partial charge in [-0.3, -0.25) is 4.21 Å². The van der Waals surface area contributed by atoms with E-state index in [1.807, 2.05) is 0 Å². The molecule has 0 aliphatic rings. The Bertz CT molecular complexity index is 1040. The SMILES string of the molecule is [2H][13CH]([2H])S(=O)c1ccc(OCCCC(F)(F)C(F)(F)C(F)(F)C(F)(F)C(F)(F)C(F)(F)C(F)(F)C(F)(F)F)cc1. The average Bonchev–Trinajstić information content (AvgIpc) is 2.80. The van der Waals surface area contributed by atoms with Crippen LogP contribution in [-0.2, 0) is 10.8 Å². The van der Waals surface area contributed by atoms with Crippen LogP contribution in [0.1, 0.15) is 15.6 Å². The standard InChI is InChI=1S/C18H13F17O2S/c1-38(36)10-5-3-9(4-6-10)37-8-2-7-11(19,20)12(21,22)13(23,24)14(25,26)15(27,28)16(29,30)17(31,32)18(33,34)35/h3-6H,2,7-8H2,1H3/i1+1D2. The lowest BCUT2D eigenvalue weighted by molar-refractivity contribution is -0.461. The number of benzene rings is 1. The fourth-order valence-corrected chi connectivity index (χ4v) is 2.91. The lowest BCUT2D eigenvalue weighted by Gasteiger charge is -2.42. The minimum atomic E-state index is -8.67. The number of rotatable bonds is 12. The first-order valence-electron chi connectivity index (χ1n) is 10.4. The fraction of sp³-hybridized carbons (Fsp3) is 0.667. The van der Waals surface area contributed by atoms with Crippen LogP contribution in [0, 0.1) is 0 Å². The molecule has 0 radical (unpaired) electrons. The van der Waals surface area contributed by atoms with Gasteiger partial charge in [0.25, 0.3) is 0 Å². The van der Waals surface area contributed by atoms with Gasteiger partial charge in [-0.15, -0.1) is 0 Å². The normalized spacial score (nSPS) is 16.8. The van der Waals surface area contributed by atoms with Crippen LogP contribution in [0.15, 0.2) is 29.2 Å². The van der Waals surface area contributed by atoms with E-state index in [2.05, 4.69) is 0 Å². The quantitative estimate of drug-likeness (QED) is 0.137. The van der Waals surface area contributed by atoms with Gasteiger partial charge in [-0.2, -0.15) is 74.6 Å². The topological polar surface area (TPSA) is 26.3 Å². The molecule has 1 rings (SSSR count). The molecule has 0 saturated carbocycles. The number of ether oxygens (including phenoxy) is 1. The molecule has 2 nitrogen and oxygen atoms in total. The van der Waals surface area contributed by atoms with Gasteiger partial charge in [-0.25, -0.2) is 0 Å². The summed E-state index contributed by atoms with van der Waals surface area (Å²) in [6.45, 7) is -1.12. The zero-order valence-corrected chi connectivity index (χ0v) is 18.5. The second kappa shape index (κ2) is 10.2. The number of hydrogen-bond acceptors (Lipinski definition) is 2. The van der Waals surface area contributed by atoms with Crippen LogP contribution in [0.5, 0.6) is 5.75 Å². The third-order valence-corrected chi connectivity index (χ3v) is 5.48. The lowest BCUT2D eigenvalue weighted by atomic mass is 9.88.